The van der Waals surface area contributed by atoms with Gasteiger partial charge in [0.25, 0.3) is 0 Å². The van der Waals surface area contributed by atoms with E-state index in [4.69, 9.17) is 0 Å². The largest absolute Gasteiger partial charge is 0.393 e. The number of sulfonamides is 1. The molecule has 1 amide bonds. The average molecular weight is 789 g/mol. The number of aryl methyl sites for hydroxylation is 1. The maximum atomic E-state index is 13.1. The number of amides is 1. The van der Waals surface area contributed by atoms with Crippen LogP contribution in [-0.4, -0.2) is 120 Å². The van der Waals surface area contributed by atoms with Gasteiger partial charge in [0, 0.05) is 87.8 Å². The highest BCUT2D eigenvalue weighted by Crippen LogP contribution is 2.35. The lowest BCUT2D eigenvalue weighted by atomic mass is 10.0. The third-order valence-corrected chi connectivity index (χ3v) is 13.0. The van der Waals surface area contributed by atoms with Crippen LogP contribution in [0.3, 0.4) is 0 Å². The summed E-state index contributed by atoms with van der Waals surface area (Å²) < 4.78 is 67.6. The van der Waals surface area contributed by atoms with E-state index < -0.39 is 28.7 Å². The molecule has 2 aliphatic rings. The molecule has 0 radical (unpaired) electrons. The minimum atomic E-state index is -4.30. The lowest BCUT2D eigenvalue weighted by Gasteiger charge is -2.42. The Morgan fingerprint density at radius 3 is 2.48 bits per heavy atom. The number of alkyl halides is 3. The van der Waals surface area contributed by atoms with Gasteiger partial charge in [-0.05, 0) is 55.5 Å². The number of fused-ring (bicyclic) bond motifs is 2. The Kier molecular flexibility index (Phi) is 11.7. The SMILES string of the molecule is CC[C@@H](Cn1c(C#N)cc2c(C)c(CN3CCC(Nc4nc(NC)nc5sc(CC(F)(F)F)cc45)CC3)ccc21)N1CCN(S(C)(=O)=O)[C@H](C(=O)NC)C1. The number of hydrogen-bond acceptors (Lipinski definition) is 11. The van der Waals surface area contributed by atoms with Crippen LogP contribution in [0.5, 0.6) is 0 Å². The number of rotatable bonds is 12. The average Bonchev–Trinajstić information content (AvgIpc) is 3.71. The zero-order chi connectivity index (χ0) is 38.9. The predicted octanol–water partition coefficient (Wildman–Crippen LogP) is 4.52. The fourth-order valence-electron chi connectivity index (χ4n) is 7.74. The van der Waals surface area contributed by atoms with Crippen molar-refractivity contribution < 1.29 is 26.4 Å². The molecule has 0 aliphatic carbocycles. The molecule has 6 rings (SSSR count). The van der Waals surface area contributed by atoms with E-state index in [1.165, 1.54) is 16.9 Å². The van der Waals surface area contributed by atoms with Crippen molar-refractivity contribution >= 4 is 60.2 Å². The molecule has 5 heterocycles. The zero-order valence-electron chi connectivity index (χ0n) is 31.1. The number of carbonyl (C=O) groups excluding carboxylic acids is 1. The molecule has 18 heteroatoms. The molecule has 0 saturated carbocycles. The summed E-state index contributed by atoms with van der Waals surface area (Å²) in [5.41, 5.74) is 3.77. The van der Waals surface area contributed by atoms with Crippen molar-refractivity contribution in [3.8, 4) is 6.07 Å². The monoisotopic (exact) mass is 788 g/mol. The highest BCUT2D eigenvalue weighted by Gasteiger charge is 2.39. The topological polar surface area (TPSA) is 152 Å². The summed E-state index contributed by atoms with van der Waals surface area (Å²) >= 11 is 1.04. The highest BCUT2D eigenvalue weighted by molar-refractivity contribution is 7.88. The number of nitriles is 1. The Labute approximate surface area is 317 Å². The first kappa shape index (κ1) is 39.7. The van der Waals surface area contributed by atoms with Crippen LogP contribution in [0.25, 0.3) is 21.1 Å². The van der Waals surface area contributed by atoms with Crippen molar-refractivity contribution in [3.05, 3.63) is 46.0 Å². The van der Waals surface area contributed by atoms with E-state index in [0.717, 1.165) is 73.0 Å². The van der Waals surface area contributed by atoms with Gasteiger partial charge in [0.05, 0.1) is 18.1 Å². The molecule has 2 saturated heterocycles. The number of piperazine rings is 1. The van der Waals surface area contributed by atoms with E-state index in [1.807, 2.05) is 10.6 Å². The summed E-state index contributed by atoms with van der Waals surface area (Å²) in [4.78, 5) is 26.9. The van der Waals surface area contributed by atoms with E-state index >= 15 is 0 Å². The molecule has 54 heavy (non-hydrogen) atoms. The summed E-state index contributed by atoms with van der Waals surface area (Å²) in [6, 6.07) is 9.30. The molecule has 3 N–H and O–H groups in total. The minimum Gasteiger partial charge on any atom is -0.367 e. The fourth-order valence-corrected chi connectivity index (χ4v) is 9.84. The van der Waals surface area contributed by atoms with Gasteiger partial charge in [-0.3, -0.25) is 14.6 Å². The summed E-state index contributed by atoms with van der Waals surface area (Å²) in [6.45, 7) is 7.99. The van der Waals surface area contributed by atoms with Crippen LogP contribution in [0, 0.1) is 18.3 Å². The number of piperidine rings is 1. The van der Waals surface area contributed by atoms with Gasteiger partial charge in [-0.1, -0.05) is 13.0 Å². The van der Waals surface area contributed by atoms with Crippen LogP contribution in [0.4, 0.5) is 24.9 Å². The Morgan fingerprint density at radius 2 is 1.85 bits per heavy atom. The minimum absolute atomic E-state index is 0.0265. The number of thiophene rings is 1. The van der Waals surface area contributed by atoms with Gasteiger partial charge in [0.15, 0.2) is 0 Å². The molecule has 2 fully saturated rings. The van der Waals surface area contributed by atoms with Crippen molar-refractivity contribution in [2.75, 3.05) is 63.7 Å². The molecule has 0 spiro atoms. The van der Waals surface area contributed by atoms with E-state index in [0.29, 0.717) is 40.8 Å². The summed E-state index contributed by atoms with van der Waals surface area (Å²) in [7, 11) is -0.379. The smallest absolute Gasteiger partial charge is 0.367 e. The third-order valence-electron chi connectivity index (χ3n) is 10.7. The molecule has 4 aromatic rings. The molecule has 3 aromatic heterocycles. The number of carbonyl (C=O) groups is 1. The Balaban J connectivity index is 1.13. The van der Waals surface area contributed by atoms with Crippen molar-refractivity contribution in [2.24, 2.45) is 0 Å². The third kappa shape index (κ3) is 8.60. The number of hydrogen-bond donors (Lipinski definition) is 3. The molecule has 2 atom stereocenters. The van der Waals surface area contributed by atoms with Crippen LogP contribution in [0.2, 0.25) is 0 Å². The Morgan fingerprint density at radius 1 is 1.11 bits per heavy atom. The zero-order valence-corrected chi connectivity index (χ0v) is 32.8. The Bertz CT molecular complexity index is 2160. The van der Waals surface area contributed by atoms with E-state index in [2.05, 4.69) is 67.8 Å². The second kappa shape index (κ2) is 16.0. The number of likely N-dealkylation sites (N-methyl/N-ethyl adjacent to an activating group) is 1. The first-order chi connectivity index (χ1) is 25.6. The summed E-state index contributed by atoms with van der Waals surface area (Å²) in [6.07, 6.45) is -1.77. The standard InChI is InChI=1S/C36H47F3N10O3S2/c1-6-25(47-13-14-49(54(5,51)52)31(21-47)33(50)41-3)20-48-26(18-40)15-28-22(2)23(7-8-30(28)48)19-46-11-9-24(10-12-46)43-32-29-16-27(17-36(37,38)39)53-34(29)45-35(42-4)44-32/h7-8,15-16,24-25,31H,6,9-14,17,19-21H2,1-5H3,(H,41,50)(H2,42,43,44,45)/t25-,31-/m0/s1. The van der Waals surface area contributed by atoms with Gasteiger partial charge in [-0.2, -0.15) is 27.7 Å². The van der Waals surface area contributed by atoms with Crippen LogP contribution in [-0.2, 0) is 34.3 Å². The summed E-state index contributed by atoms with van der Waals surface area (Å²) in [5, 5.41) is 20.8. The van der Waals surface area contributed by atoms with Crippen LogP contribution >= 0.6 is 11.3 Å². The molecular weight excluding hydrogens is 742 g/mol. The van der Waals surface area contributed by atoms with E-state index in [9.17, 15) is 31.6 Å². The van der Waals surface area contributed by atoms with Gasteiger partial charge in [-0.15, -0.1) is 11.3 Å². The van der Waals surface area contributed by atoms with Crippen LogP contribution < -0.4 is 16.0 Å². The normalized spacial score (nSPS) is 18.9. The van der Waals surface area contributed by atoms with Gasteiger partial charge in [0.1, 0.15) is 28.5 Å². The van der Waals surface area contributed by atoms with Crippen molar-refractivity contribution in [2.45, 2.75) is 76.9 Å². The maximum Gasteiger partial charge on any atom is 0.393 e. The number of benzene rings is 1. The molecule has 13 nitrogen and oxygen atoms in total. The van der Waals surface area contributed by atoms with Crippen molar-refractivity contribution in [3.63, 3.8) is 0 Å². The van der Waals surface area contributed by atoms with Crippen LogP contribution in [0.15, 0.2) is 24.3 Å². The lowest BCUT2D eigenvalue weighted by Crippen LogP contribution is -2.62. The highest BCUT2D eigenvalue weighted by atomic mass is 32.2. The van der Waals surface area contributed by atoms with Gasteiger partial charge < -0.3 is 20.5 Å². The fraction of sp³-hybridized carbons (Fsp3) is 0.556. The Hall–Kier alpha value is -4.02. The second-order valence-electron chi connectivity index (χ2n) is 14.2. The van der Waals surface area contributed by atoms with Gasteiger partial charge >= 0.3 is 6.18 Å². The number of nitrogens with one attached hydrogen (secondary N) is 3. The van der Waals surface area contributed by atoms with E-state index in [-0.39, 0.29) is 36.0 Å². The first-order valence-corrected chi connectivity index (χ1v) is 20.8. The number of likely N-dealkylation sites (tertiary alicyclic amines) is 1. The molecule has 1 aromatic carbocycles. The van der Waals surface area contributed by atoms with Crippen LogP contribution in [0.1, 0.15) is 47.9 Å². The number of anilines is 2. The lowest BCUT2D eigenvalue weighted by molar-refractivity contribution is -0.127. The molecule has 292 valence electrons. The number of nitrogens with zero attached hydrogens (tertiary/aromatic N) is 7. The maximum absolute atomic E-state index is 13.1. The molecule has 0 bridgehead atoms. The summed E-state index contributed by atoms with van der Waals surface area (Å²) in [5.74, 6) is 0.552. The van der Waals surface area contributed by atoms with Gasteiger partial charge in [-0.25, -0.2) is 13.4 Å². The van der Waals surface area contributed by atoms with Crippen molar-refractivity contribution in [1.29, 1.82) is 5.26 Å². The number of aromatic nitrogens is 3. The molecule has 2 aliphatic heterocycles. The number of halogens is 3. The van der Waals surface area contributed by atoms with Crippen molar-refractivity contribution in [1.82, 2.24) is 34.0 Å². The molecular formula is C36H47F3N10O3S2. The first-order valence-electron chi connectivity index (χ1n) is 18.1. The van der Waals surface area contributed by atoms with Gasteiger partial charge in [0.2, 0.25) is 21.9 Å². The second-order valence-corrected chi connectivity index (χ2v) is 17.2. The van der Waals surface area contributed by atoms with E-state index in [1.54, 1.807) is 13.1 Å². The quantitative estimate of drug-likeness (QED) is 0.187. The molecule has 0 unspecified atom stereocenters. The predicted molar refractivity (Wildman–Crippen MR) is 205 cm³/mol.